The van der Waals surface area contributed by atoms with Crippen molar-refractivity contribution in [3.8, 4) is 0 Å². The van der Waals surface area contributed by atoms with Crippen molar-refractivity contribution in [2.24, 2.45) is 0 Å². The molecule has 0 atom stereocenters. The van der Waals surface area contributed by atoms with E-state index in [1.807, 2.05) is 0 Å². The number of halogens is 1. The average molecular weight is 202 g/mol. The van der Waals surface area contributed by atoms with Crippen molar-refractivity contribution in [3.63, 3.8) is 0 Å². The van der Waals surface area contributed by atoms with Crippen molar-refractivity contribution < 1.29 is 4.79 Å². The van der Waals surface area contributed by atoms with Crippen molar-refractivity contribution in [2.75, 3.05) is 0 Å². The van der Waals surface area contributed by atoms with Crippen LogP contribution in [0.25, 0.3) is 0 Å². The van der Waals surface area contributed by atoms with Gasteiger partial charge in [0.25, 0.3) is 0 Å². The molecule has 0 unspecified atom stereocenters. The van der Waals surface area contributed by atoms with Gasteiger partial charge in [0, 0.05) is 4.88 Å². The fraction of sp³-hybridized carbons (Fsp3) is 0.500. The number of thiazole rings is 1. The van der Waals surface area contributed by atoms with Crippen LogP contribution in [-0.2, 0) is 0 Å². The Hall–Kier alpha value is -0.410. The Bertz CT molecular complexity index is 306. The third kappa shape index (κ3) is 1.27. The Kier molecular flexibility index (Phi) is 2.15. The predicted molar refractivity (Wildman–Crippen MR) is 49.1 cm³/mol. The standard InChI is InChI=1S/C8H8ClNOS/c9-8-10-6(4-11)7(12-8)5-2-1-3-5/h4-5H,1-3H2. The zero-order valence-corrected chi connectivity index (χ0v) is 7.99. The summed E-state index contributed by atoms with van der Waals surface area (Å²) in [7, 11) is 0. The Labute approximate surface area is 79.6 Å². The average Bonchev–Trinajstić information content (AvgIpc) is 2.27. The maximum atomic E-state index is 10.6. The van der Waals surface area contributed by atoms with Crippen LogP contribution in [0.4, 0.5) is 0 Å². The van der Waals surface area contributed by atoms with Crippen LogP contribution in [0.2, 0.25) is 4.47 Å². The van der Waals surface area contributed by atoms with Crippen LogP contribution < -0.4 is 0 Å². The largest absolute Gasteiger partial charge is 0.296 e. The first-order chi connectivity index (χ1) is 5.81. The van der Waals surface area contributed by atoms with E-state index in [0.717, 1.165) is 11.2 Å². The van der Waals surface area contributed by atoms with Crippen LogP contribution in [-0.4, -0.2) is 11.3 Å². The molecule has 1 heterocycles. The van der Waals surface area contributed by atoms with E-state index in [1.165, 1.54) is 30.6 Å². The fourth-order valence-electron chi connectivity index (χ4n) is 1.36. The molecule has 1 aliphatic carbocycles. The lowest BCUT2D eigenvalue weighted by atomic mass is 9.84. The normalized spacial score (nSPS) is 17.4. The minimum Gasteiger partial charge on any atom is -0.296 e. The van der Waals surface area contributed by atoms with E-state index < -0.39 is 0 Å². The highest BCUT2D eigenvalue weighted by atomic mass is 35.5. The van der Waals surface area contributed by atoms with Gasteiger partial charge in [0.05, 0.1) is 0 Å². The van der Waals surface area contributed by atoms with Gasteiger partial charge in [-0.05, 0) is 18.8 Å². The summed E-state index contributed by atoms with van der Waals surface area (Å²) in [6, 6.07) is 0. The molecular formula is C8H8ClNOS. The minimum atomic E-state index is 0.485. The van der Waals surface area contributed by atoms with Crippen LogP contribution in [0, 0.1) is 0 Å². The lowest BCUT2D eigenvalue weighted by Gasteiger charge is -2.23. The van der Waals surface area contributed by atoms with Crippen molar-refractivity contribution in [1.29, 1.82) is 0 Å². The number of hydrogen-bond donors (Lipinski definition) is 0. The smallest absolute Gasteiger partial charge is 0.184 e. The zero-order chi connectivity index (χ0) is 8.55. The summed E-state index contributed by atoms with van der Waals surface area (Å²) in [5, 5.41) is 0. The van der Waals surface area contributed by atoms with Gasteiger partial charge in [-0.2, -0.15) is 0 Å². The number of aromatic nitrogens is 1. The molecule has 2 nitrogen and oxygen atoms in total. The Morgan fingerprint density at radius 2 is 2.33 bits per heavy atom. The Balaban J connectivity index is 2.33. The van der Waals surface area contributed by atoms with E-state index in [0.29, 0.717) is 16.1 Å². The molecular weight excluding hydrogens is 194 g/mol. The molecule has 0 aromatic carbocycles. The second-order valence-electron chi connectivity index (χ2n) is 2.96. The molecule has 0 radical (unpaired) electrons. The van der Waals surface area contributed by atoms with Gasteiger partial charge in [0.15, 0.2) is 10.8 Å². The van der Waals surface area contributed by atoms with E-state index >= 15 is 0 Å². The first-order valence-electron chi connectivity index (χ1n) is 3.92. The highest BCUT2D eigenvalue weighted by Gasteiger charge is 2.25. The minimum absolute atomic E-state index is 0.485. The molecule has 1 aromatic heterocycles. The monoisotopic (exact) mass is 201 g/mol. The second kappa shape index (κ2) is 3.15. The van der Waals surface area contributed by atoms with Gasteiger partial charge >= 0.3 is 0 Å². The van der Waals surface area contributed by atoms with Gasteiger partial charge in [-0.3, -0.25) is 4.79 Å². The van der Waals surface area contributed by atoms with E-state index in [2.05, 4.69) is 4.98 Å². The van der Waals surface area contributed by atoms with Gasteiger partial charge in [0.1, 0.15) is 5.69 Å². The molecule has 1 fully saturated rings. The van der Waals surface area contributed by atoms with E-state index in [9.17, 15) is 4.79 Å². The summed E-state index contributed by atoms with van der Waals surface area (Å²) in [6.07, 6.45) is 4.42. The highest BCUT2D eigenvalue weighted by molar-refractivity contribution is 7.16. The van der Waals surface area contributed by atoms with Crippen LogP contribution in [0.5, 0.6) is 0 Å². The Morgan fingerprint density at radius 3 is 2.83 bits per heavy atom. The van der Waals surface area contributed by atoms with Gasteiger partial charge in [-0.1, -0.05) is 18.0 Å². The maximum absolute atomic E-state index is 10.6. The SMILES string of the molecule is O=Cc1nc(Cl)sc1C1CCC1. The summed E-state index contributed by atoms with van der Waals surface area (Å²) in [5.74, 6) is 0.551. The number of aldehydes is 1. The van der Waals surface area contributed by atoms with Crippen molar-refractivity contribution in [3.05, 3.63) is 15.0 Å². The van der Waals surface area contributed by atoms with E-state index in [-0.39, 0.29) is 0 Å². The fourth-order valence-corrected chi connectivity index (χ4v) is 2.63. The lowest BCUT2D eigenvalue weighted by Crippen LogP contribution is -2.08. The summed E-state index contributed by atoms with van der Waals surface area (Å²) >= 11 is 7.16. The molecule has 0 N–H and O–H groups in total. The molecule has 1 aliphatic rings. The Morgan fingerprint density at radius 1 is 1.58 bits per heavy atom. The molecule has 0 saturated heterocycles. The third-order valence-electron chi connectivity index (χ3n) is 2.24. The first kappa shape index (κ1) is 8.20. The highest BCUT2D eigenvalue weighted by Crippen LogP contribution is 2.41. The van der Waals surface area contributed by atoms with Crippen LogP contribution in [0.3, 0.4) is 0 Å². The van der Waals surface area contributed by atoms with Crippen LogP contribution >= 0.6 is 22.9 Å². The topological polar surface area (TPSA) is 30.0 Å². The maximum Gasteiger partial charge on any atom is 0.184 e. The number of rotatable bonds is 2. The molecule has 4 heteroatoms. The van der Waals surface area contributed by atoms with Gasteiger partial charge < -0.3 is 0 Å². The first-order valence-corrected chi connectivity index (χ1v) is 5.12. The summed E-state index contributed by atoms with van der Waals surface area (Å²) in [4.78, 5) is 15.6. The predicted octanol–water partition coefficient (Wildman–Crippen LogP) is 2.88. The third-order valence-corrected chi connectivity index (χ3v) is 3.58. The van der Waals surface area contributed by atoms with Gasteiger partial charge in [-0.25, -0.2) is 4.98 Å². The quantitative estimate of drug-likeness (QED) is 0.689. The summed E-state index contributed by atoms with van der Waals surface area (Å²) in [6.45, 7) is 0. The molecule has 12 heavy (non-hydrogen) atoms. The molecule has 0 amide bonds. The molecule has 0 aliphatic heterocycles. The van der Waals surface area contributed by atoms with Gasteiger partial charge in [-0.15, -0.1) is 11.3 Å². The lowest BCUT2D eigenvalue weighted by molar-refractivity contribution is 0.111. The van der Waals surface area contributed by atoms with E-state index in [4.69, 9.17) is 11.6 Å². The number of hydrogen-bond acceptors (Lipinski definition) is 3. The number of nitrogens with zero attached hydrogens (tertiary/aromatic N) is 1. The van der Waals surface area contributed by atoms with Crippen molar-refractivity contribution in [1.82, 2.24) is 4.98 Å². The second-order valence-corrected chi connectivity index (χ2v) is 4.57. The molecule has 1 saturated carbocycles. The van der Waals surface area contributed by atoms with Gasteiger partial charge in [0.2, 0.25) is 0 Å². The van der Waals surface area contributed by atoms with E-state index in [1.54, 1.807) is 0 Å². The molecule has 0 spiro atoms. The summed E-state index contributed by atoms with van der Waals surface area (Å²) in [5.41, 5.74) is 0.551. The number of carbonyl (C=O) groups excluding carboxylic acids is 1. The zero-order valence-electron chi connectivity index (χ0n) is 6.42. The molecule has 0 bridgehead atoms. The van der Waals surface area contributed by atoms with Crippen LogP contribution in [0.15, 0.2) is 0 Å². The summed E-state index contributed by atoms with van der Waals surface area (Å²) < 4.78 is 0.485. The molecule has 2 rings (SSSR count). The number of carbonyl (C=O) groups is 1. The molecule has 64 valence electrons. The van der Waals surface area contributed by atoms with Crippen LogP contribution in [0.1, 0.15) is 40.5 Å². The van der Waals surface area contributed by atoms with Crippen molar-refractivity contribution in [2.45, 2.75) is 25.2 Å². The molecule has 1 aromatic rings. The van der Waals surface area contributed by atoms with Crippen molar-refractivity contribution >= 4 is 29.2 Å².